The molecule has 0 aliphatic carbocycles. The highest BCUT2D eigenvalue weighted by Crippen LogP contribution is 2.27. The first-order valence-corrected chi connectivity index (χ1v) is 8.42. The predicted molar refractivity (Wildman–Crippen MR) is 96.9 cm³/mol. The van der Waals surface area contributed by atoms with E-state index in [0.717, 1.165) is 6.07 Å². The average Bonchev–Trinajstić information content (AvgIpc) is 2.64. The van der Waals surface area contributed by atoms with Gasteiger partial charge in [0, 0.05) is 31.2 Å². The highest BCUT2D eigenvalue weighted by Gasteiger charge is 2.27. The minimum Gasteiger partial charge on any atom is -0.506 e. The molecule has 1 aliphatic heterocycles. The summed E-state index contributed by atoms with van der Waals surface area (Å²) < 4.78 is 13.7. The topological polar surface area (TPSA) is 72.9 Å². The van der Waals surface area contributed by atoms with Crippen LogP contribution in [0.3, 0.4) is 0 Å². The van der Waals surface area contributed by atoms with Crippen molar-refractivity contribution in [1.82, 2.24) is 4.90 Å². The third-order valence-electron chi connectivity index (χ3n) is 4.16. The summed E-state index contributed by atoms with van der Waals surface area (Å²) in [6.07, 6.45) is 0. The largest absolute Gasteiger partial charge is 0.506 e. The van der Waals surface area contributed by atoms with Crippen LogP contribution in [-0.4, -0.2) is 48.0 Å². The van der Waals surface area contributed by atoms with Crippen LogP contribution in [0.15, 0.2) is 42.5 Å². The molecule has 2 amide bonds. The molecule has 2 aromatic carbocycles. The third-order valence-corrected chi connectivity index (χ3v) is 4.40. The Hall–Kier alpha value is -2.80. The quantitative estimate of drug-likeness (QED) is 0.789. The predicted octanol–water partition coefficient (Wildman–Crippen LogP) is 2.47. The summed E-state index contributed by atoms with van der Waals surface area (Å²) in [4.78, 5) is 27.7. The van der Waals surface area contributed by atoms with Gasteiger partial charge in [0.2, 0.25) is 0 Å². The van der Waals surface area contributed by atoms with Gasteiger partial charge in [0.1, 0.15) is 11.6 Å². The number of carbonyl (C=O) groups is 2. The van der Waals surface area contributed by atoms with E-state index in [2.05, 4.69) is 5.32 Å². The number of nitrogens with one attached hydrogen (secondary N) is 1. The average molecular weight is 378 g/mol. The lowest BCUT2D eigenvalue weighted by Crippen LogP contribution is -2.51. The molecule has 0 unspecified atom stereocenters. The standard InChI is InChI=1S/C18H17ClFN3O3/c19-12-5-6-13(20)14(11-12)21-17(25)18(26)23-9-7-22(8-10-23)15-3-1-2-4-16(15)24/h1-6,11,24H,7-10H2,(H,21,25). The van der Waals surface area contributed by atoms with Crippen LogP contribution in [0.4, 0.5) is 15.8 Å². The number of amides is 2. The summed E-state index contributed by atoms with van der Waals surface area (Å²) in [7, 11) is 0. The second-order valence-corrected chi connectivity index (χ2v) is 6.28. The molecule has 6 nitrogen and oxygen atoms in total. The van der Waals surface area contributed by atoms with Gasteiger partial charge in [-0.2, -0.15) is 0 Å². The number of halogens is 2. The van der Waals surface area contributed by atoms with Crippen molar-refractivity contribution in [3.63, 3.8) is 0 Å². The molecule has 0 aromatic heterocycles. The van der Waals surface area contributed by atoms with Crippen LogP contribution < -0.4 is 10.2 Å². The highest BCUT2D eigenvalue weighted by molar-refractivity contribution is 6.39. The lowest BCUT2D eigenvalue weighted by Gasteiger charge is -2.35. The molecule has 1 aliphatic rings. The molecule has 0 bridgehead atoms. The van der Waals surface area contributed by atoms with E-state index >= 15 is 0 Å². The number of anilines is 2. The number of phenols is 1. The summed E-state index contributed by atoms with van der Waals surface area (Å²) in [6.45, 7) is 1.58. The zero-order valence-electron chi connectivity index (χ0n) is 13.8. The van der Waals surface area contributed by atoms with E-state index in [-0.39, 0.29) is 16.5 Å². The summed E-state index contributed by atoms with van der Waals surface area (Å²) >= 11 is 5.78. The zero-order chi connectivity index (χ0) is 18.7. The Morgan fingerprint density at radius 1 is 1.08 bits per heavy atom. The van der Waals surface area contributed by atoms with Gasteiger partial charge in [-0.25, -0.2) is 4.39 Å². The molecule has 0 atom stereocenters. The van der Waals surface area contributed by atoms with Crippen LogP contribution in [0.2, 0.25) is 5.02 Å². The molecule has 0 radical (unpaired) electrons. The van der Waals surface area contributed by atoms with Crippen molar-refractivity contribution in [3.05, 3.63) is 53.3 Å². The molecule has 8 heteroatoms. The number of hydrogen-bond donors (Lipinski definition) is 2. The Morgan fingerprint density at radius 2 is 1.77 bits per heavy atom. The first-order valence-electron chi connectivity index (χ1n) is 8.04. The first-order chi connectivity index (χ1) is 12.5. The number of aromatic hydroxyl groups is 1. The van der Waals surface area contributed by atoms with Crippen molar-refractivity contribution in [2.24, 2.45) is 0 Å². The lowest BCUT2D eigenvalue weighted by atomic mass is 10.2. The van der Waals surface area contributed by atoms with Crippen LogP contribution >= 0.6 is 11.6 Å². The maximum Gasteiger partial charge on any atom is 0.313 e. The Balaban J connectivity index is 1.60. The highest BCUT2D eigenvalue weighted by atomic mass is 35.5. The Labute approximate surface area is 154 Å². The fourth-order valence-corrected chi connectivity index (χ4v) is 2.97. The van der Waals surface area contributed by atoms with Crippen LogP contribution in [-0.2, 0) is 9.59 Å². The first kappa shape index (κ1) is 18.0. The number of phenolic OH excluding ortho intramolecular Hbond substituents is 1. The van der Waals surface area contributed by atoms with Gasteiger partial charge in [-0.05, 0) is 30.3 Å². The van der Waals surface area contributed by atoms with Crippen LogP contribution in [0.25, 0.3) is 0 Å². The van der Waals surface area contributed by atoms with Crippen molar-refractivity contribution < 1.29 is 19.1 Å². The molecule has 0 spiro atoms. The molecule has 0 saturated carbocycles. The second kappa shape index (κ2) is 7.61. The molecule has 2 aromatic rings. The Kier molecular flexibility index (Phi) is 5.27. The summed E-state index contributed by atoms with van der Waals surface area (Å²) in [6, 6.07) is 10.7. The summed E-state index contributed by atoms with van der Waals surface area (Å²) in [5.41, 5.74) is 0.550. The maximum atomic E-state index is 13.7. The van der Waals surface area contributed by atoms with Crippen LogP contribution in [0.5, 0.6) is 5.75 Å². The number of carbonyl (C=O) groups excluding carboxylic acids is 2. The normalized spacial score (nSPS) is 14.2. The Morgan fingerprint density at radius 3 is 2.46 bits per heavy atom. The fourth-order valence-electron chi connectivity index (χ4n) is 2.79. The second-order valence-electron chi connectivity index (χ2n) is 5.85. The van der Waals surface area contributed by atoms with Gasteiger partial charge >= 0.3 is 11.8 Å². The van der Waals surface area contributed by atoms with E-state index in [9.17, 15) is 19.1 Å². The summed E-state index contributed by atoms with van der Waals surface area (Å²) in [5.74, 6) is -2.15. The van der Waals surface area contributed by atoms with Crippen LogP contribution in [0.1, 0.15) is 0 Å². The van der Waals surface area contributed by atoms with Crippen molar-refractivity contribution in [1.29, 1.82) is 0 Å². The van der Waals surface area contributed by atoms with E-state index in [4.69, 9.17) is 11.6 Å². The molecule has 3 rings (SSSR count). The van der Waals surface area contributed by atoms with Gasteiger partial charge in [0.25, 0.3) is 0 Å². The van der Waals surface area contributed by atoms with Gasteiger partial charge in [-0.3, -0.25) is 9.59 Å². The van der Waals surface area contributed by atoms with Crippen LogP contribution in [0, 0.1) is 5.82 Å². The minimum atomic E-state index is -0.915. The lowest BCUT2D eigenvalue weighted by molar-refractivity contribution is -0.143. The molecule has 2 N–H and O–H groups in total. The molecular weight excluding hydrogens is 361 g/mol. The number of piperazine rings is 1. The van der Waals surface area contributed by atoms with E-state index in [1.165, 1.54) is 17.0 Å². The minimum absolute atomic E-state index is 0.135. The Bertz CT molecular complexity index is 838. The number of hydrogen-bond acceptors (Lipinski definition) is 4. The zero-order valence-corrected chi connectivity index (χ0v) is 14.5. The van der Waals surface area contributed by atoms with Crippen molar-refractivity contribution >= 4 is 34.8 Å². The van der Waals surface area contributed by atoms with Crippen molar-refractivity contribution in [2.75, 3.05) is 36.4 Å². The molecule has 1 saturated heterocycles. The SMILES string of the molecule is O=C(Nc1cc(Cl)ccc1F)C(=O)N1CCN(c2ccccc2O)CC1. The van der Waals surface area contributed by atoms with E-state index in [1.54, 1.807) is 18.2 Å². The van der Waals surface area contributed by atoms with Crippen molar-refractivity contribution in [2.45, 2.75) is 0 Å². The van der Waals surface area contributed by atoms with Gasteiger partial charge in [0.05, 0.1) is 11.4 Å². The van der Waals surface area contributed by atoms with Gasteiger partial charge in [0.15, 0.2) is 0 Å². The van der Waals surface area contributed by atoms with Crippen molar-refractivity contribution in [3.8, 4) is 5.75 Å². The molecular formula is C18H17ClFN3O3. The molecule has 1 fully saturated rings. The van der Waals surface area contributed by atoms with E-state index in [1.807, 2.05) is 11.0 Å². The third kappa shape index (κ3) is 3.88. The summed E-state index contributed by atoms with van der Waals surface area (Å²) in [5, 5.41) is 12.4. The molecule has 1 heterocycles. The van der Waals surface area contributed by atoms with Gasteiger partial charge in [-0.15, -0.1) is 0 Å². The number of para-hydroxylation sites is 2. The van der Waals surface area contributed by atoms with E-state index in [0.29, 0.717) is 31.9 Å². The fraction of sp³-hybridized carbons (Fsp3) is 0.222. The van der Waals surface area contributed by atoms with Gasteiger partial charge in [-0.1, -0.05) is 23.7 Å². The molecule has 26 heavy (non-hydrogen) atoms. The number of nitrogens with zero attached hydrogens (tertiary/aromatic N) is 2. The smallest absolute Gasteiger partial charge is 0.313 e. The van der Waals surface area contributed by atoms with Gasteiger partial charge < -0.3 is 20.2 Å². The number of benzene rings is 2. The number of rotatable bonds is 2. The maximum absolute atomic E-state index is 13.7. The van der Waals surface area contributed by atoms with E-state index < -0.39 is 17.6 Å². The monoisotopic (exact) mass is 377 g/mol. The molecule has 136 valence electrons.